The monoisotopic (exact) mass is 436 g/mol. The molecular formula is C23H24N4O3S. The molecule has 5 rings (SSSR count). The molecule has 1 aromatic carbocycles. The molecule has 2 amide bonds. The molecule has 1 saturated carbocycles. The molecule has 1 aliphatic carbocycles. The first-order chi connectivity index (χ1) is 15.2. The highest BCUT2D eigenvalue weighted by molar-refractivity contribution is 7.18. The third-order valence-corrected chi connectivity index (χ3v) is 6.73. The summed E-state index contributed by atoms with van der Waals surface area (Å²) in [5.41, 5.74) is 0.961. The van der Waals surface area contributed by atoms with Gasteiger partial charge in [0.05, 0.1) is 28.0 Å². The largest absolute Gasteiger partial charge is 0.487 e. The number of likely N-dealkylation sites (tertiary alicyclic amines) is 1. The summed E-state index contributed by atoms with van der Waals surface area (Å²) in [6, 6.07) is 11.4. The van der Waals surface area contributed by atoms with Crippen molar-refractivity contribution in [2.24, 2.45) is 0 Å². The number of nitrogens with one attached hydrogen (secondary N) is 1. The molecule has 2 unspecified atom stereocenters. The lowest BCUT2D eigenvalue weighted by Gasteiger charge is -2.23. The second-order valence-electron chi connectivity index (χ2n) is 8.08. The van der Waals surface area contributed by atoms with E-state index in [4.69, 9.17) is 4.74 Å². The number of fused-ring (bicyclic) bond motifs is 1. The number of rotatable bonds is 7. The van der Waals surface area contributed by atoms with Crippen LogP contribution in [0.4, 0.5) is 0 Å². The fraction of sp³-hybridized carbons (Fsp3) is 0.391. The normalized spacial score (nSPS) is 20.7. The maximum atomic E-state index is 13.1. The number of thiazole rings is 1. The maximum Gasteiger partial charge on any atom is 0.243 e. The van der Waals surface area contributed by atoms with E-state index in [0.29, 0.717) is 31.6 Å². The minimum atomic E-state index is -0.495. The van der Waals surface area contributed by atoms with Crippen LogP contribution >= 0.6 is 11.3 Å². The van der Waals surface area contributed by atoms with Gasteiger partial charge in [-0.15, -0.1) is 11.3 Å². The fourth-order valence-electron chi connectivity index (χ4n) is 3.93. The third kappa shape index (κ3) is 4.69. The van der Waals surface area contributed by atoms with Crippen LogP contribution in [0.5, 0.6) is 5.75 Å². The van der Waals surface area contributed by atoms with E-state index in [-0.39, 0.29) is 24.0 Å². The van der Waals surface area contributed by atoms with Crippen molar-refractivity contribution in [2.75, 3.05) is 6.54 Å². The van der Waals surface area contributed by atoms with Gasteiger partial charge in [-0.1, -0.05) is 12.1 Å². The van der Waals surface area contributed by atoms with Crippen LogP contribution in [0.15, 0.2) is 48.8 Å². The van der Waals surface area contributed by atoms with Crippen LogP contribution in [-0.4, -0.2) is 51.4 Å². The van der Waals surface area contributed by atoms with Crippen LogP contribution in [0.2, 0.25) is 0 Å². The zero-order chi connectivity index (χ0) is 21.2. The Morgan fingerprint density at radius 1 is 1.19 bits per heavy atom. The standard InChI is InChI=1S/C23H24N4O3S/c28-22(10-9-21-26-18-5-1-2-6-20(18)31-21)27-14-17(30-16-4-3-11-24-13-16)12-19(27)23(29)25-15-7-8-15/h1-6,11,13,15,17,19H,7-10,12,14H2,(H,25,29). The van der Waals surface area contributed by atoms with Gasteiger partial charge < -0.3 is 15.0 Å². The number of aromatic nitrogens is 2. The average molecular weight is 437 g/mol. The topological polar surface area (TPSA) is 84.4 Å². The first-order valence-corrected chi connectivity index (χ1v) is 11.5. The molecular weight excluding hydrogens is 412 g/mol. The Balaban J connectivity index is 1.26. The number of para-hydroxylation sites is 1. The minimum absolute atomic E-state index is 0.0347. The molecule has 1 N–H and O–H groups in total. The number of pyridine rings is 1. The zero-order valence-electron chi connectivity index (χ0n) is 17.1. The molecule has 0 bridgehead atoms. The Morgan fingerprint density at radius 2 is 2.06 bits per heavy atom. The van der Waals surface area contributed by atoms with E-state index in [1.54, 1.807) is 28.6 Å². The van der Waals surface area contributed by atoms with Crippen molar-refractivity contribution in [3.8, 4) is 5.75 Å². The van der Waals surface area contributed by atoms with Crippen molar-refractivity contribution < 1.29 is 14.3 Å². The Kier molecular flexibility index (Phi) is 5.55. The molecule has 3 aromatic rings. The van der Waals surface area contributed by atoms with Crippen LogP contribution in [-0.2, 0) is 16.0 Å². The SMILES string of the molecule is O=C(NC1CC1)C1CC(Oc2cccnc2)CN1C(=O)CCc1nc2ccccc2s1. The molecule has 2 aliphatic rings. The van der Waals surface area contributed by atoms with Gasteiger partial charge in [-0.3, -0.25) is 14.6 Å². The maximum absolute atomic E-state index is 13.1. The van der Waals surface area contributed by atoms with Crippen LogP contribution in [0.25, 0.3) is 10.2 Å². The number of carbonyl (C=O) groups is 2. The van der Waals surface area contributed by atoms with Crippen molar-refractivity contribution in [3.63, 3.8) is 0 Å². The first kappa shape index (κ1) is 19.9. The molecule has 0 spiro atoms. The lowest BCUT2D eigenvalue weighted by atomic mass is 10.1. The summed E-state index contributed by atoms with van der Waals surface area (Å²) in [7, 11) is 0. The molecule has 31 heavy (non-hydrogen) atoms. The van der Waals surface area contributed by atoms with Crippen molar-refractivity contribution >= 4 is 33.4 Å². The van der Waals surface area contributed by atoms with E-state index in [1.807, 2.05) is 36.4 Å². The van der Waals surface area contributed by atoms with Gasteiger partial charge >= 0.3 is 0 Å². The molecule has 7 nitrogen and oxygen atoms in total. The number of carbonyl (C=O) groups excluding carboxylic acids is 2. The first-order valence-electron chi connectivity index (χ1n) is 10.7. The molecule has 3 heterocycles. The van der Waals surface area contributed by atoms with Crippen LogP contribution in [0, 0.1) is 0 Å². The molecule has 0 radical (unpaired) electrons. The van der Waals surface area contributed by atoms with Crippen molar-refractivity contribution in [1.29, 1.82) is 0 Å². The zero-order valence-corrected chi connectivity index (χ0v) is 17.9. The minimum Gasteiger partial charge on any atom is -0.487 e. The lowest BCUT2D eigenvalue weighted by Crippen LogP contribution is -2.46. The van der Waals surface area contributed by atoms with E-state index in [1.165, 1.54) is 0 Å². The van der Waals surface area contributed by atoms with Crippen molar-refractivity contribution in [1.82, 2.24) is 20.2 Å². The highest BCUT2D eigenvalue weighted by Gasteiger charge is 2.41. The van der Waals surface area contributed by atoms with Gasteiger partial charge in [0, 0.05) is 31.5 Å². The highest BCUT2D eigenvalue weighted by Crippen LogP contribution is 2.27. The van der Waals surface area contributed by atoms with Crippen molar-refractivity contribution in [2.45, 2.75) is 50.3 Å². The number of benzene rings is 1. The number of aryl methyl sites for hydroxylation is 1. The van der Waals surface area contributed by atoms with E-state index < -0.39 is 6.04 Å². The van der Waals surface area contributed by atoms with E-state index >= 15 is 0 Å². The molecule has 8 heteroatoms. The molecule has 1 saturated heterocycles. The summed E-state index contributed by atoms with van der Waals surface area (Å²) in [6.45, 7) is 0.399. The summed E-state index contributed by atoms with van der Waals surface area (Å²) in [5, 5.41) is 3.99. The van der Waals surface area contributed by atoms with Gasteiger partial charge in [0.1, 0.15) is 17.9 Å². The number of nitrogens with zero attached hydrogens (tertiary/aromatic N) is 3. The van der Waals surface area contributed by atoms with Gasteiger partial charge in [-0.25, -0.2) is 4.98 Å². The molecule has 160 valence electrons. The Labute approximate surface area is 184 Å². The number of ether oxygens (including phenoxy) is 1. The van der Waals surface area contributed by atoms with Crippen LogP contribution < -0.4 is 10.1 Å². The summed E-state index contributed by atoms with van der Waals surface area (Å²) in [6.07, 6.45) is 6.51. The van der Waals surface area contributed by atoms with Gasteiger partial charge in [-0.2, -0.15) is 0 Å². The van der Waals surface area contributed by atoms with Gasteiger partial charge in [0.15, 0.2) is 0 Å². The van der Waals surface area contributed by atoms with Crippen molar-refractivity contribution in [3.05, 3.63) is 53.8 Å². The predicted octanol–water partition coefficient (Wildman–Crippen LogP) is 2.95. The third-order valence-electron chi connectivity index (χ3n) is 5.64. The summed E-state index contributed by atoms with van der Waals surface area (Å²) >= 11 is 1.62. The molecule has 1 aliphatic heterocycles. The molecule has 2 aromatic heterocycles. The number of hydrogen-bond acceptors (Lipinski definition) is 6. The van der Waals surface area contributed by atoms with Gasteiger partial charge in [0.25, 0.3) is 0 Å². The number of hydrogen-bond donors (Lipinski definition) is 1. The lowest BCUT2D eigenvalue weighted by molar-refractivity contribution is -0.138. The van der Waals surface area contributed by atoms with E-state index in [2.05, 4.69) is 15.3 Å². The Bertz CT molecular complexity index is 1050. The van der Waals surface area contributed by atoms with Crippen LogP contribution in [0.1, 0.15) is 30.7 Å². The summed E-state index contributed by atoms with van der Waals surface area (Å²) in [5.74, 6) is 0.540. The fourth-order valence-corrected chi connectivity index (χ4v) is 4.89. The smallest absolute Gasteiger partial charge is 0.243 e. The Morgan fingerprint density at radius 3 is 2.84 bits per heavy atom. The summed E-state index contributed by atoms with van der Waals surface area (Å²) < 4.78 is 7.14. The highest BCUT2D eigenvalue weighted by atomic mass is 32.1. The second kappa shape index (κ2) is 8.63. The molecule has 2 atom stereocenters. The van der Waals surface area contributed by atoms with E-state index in [0.717, 1.165) is 28.1 Å². The quantitative estimate of drug-likeness (QED) is 0.616. The van der Waals surface area contributed by atoms with Gasteiger partial charge in [-0.05, 0) is 37.1 Å². The molecule has 2 fully saturated rings. The average Bonchev–Trinajstić information content (AvgIpc) is 3.34. The predicted molar refractivity (Wildman–Crippen MR) is 118 cm³/mol. The summed E-state index contributed by atoms with van der Waals surface area (Å²) in [4.78, 5) is 36.3. The van der Waals surface area contributed by atoms with E-state index in [9.17, 15) is 9.59 Å². The second-order valence-corrected chi connectivity index (χ2v) is 9.20. The van der Waals surface area contributed by atoms with Gasteiger partial charge in [0.2, 0.25) is 11.8 Å². The Hall–Kier alpha value is -3.00. The van der Waals surface area contributed by atoms with Crippen LogP contribution in [0.3, 0.4) is 0 Å². The number of amides is 2.